The fraction of sp³-hybridized carbons (Fsp3) is 0.0556. The van der Waals surface area contributed by atoms with Crippen LogP contribution >= 0.6 is 11.8 Å². The number of hydrogen-bond acceptors (Lipinski definition) is 6. The molecule has 0 radical (unpaired) electrons. The molecule has 0 amide bonds. The van der Waals surface area contributed by atoms with Gasteiger partial charge in [0.1, 0.15) is 11.4 Å². The first-order valence-electron chi connectivity index (χ1n) is 8.04. The summed E-state index contributed by atoms with van der Waals surface area (Å²) in [7, 11) is 0. The topological polar surface area (TPSA) is 73.8 Å². The Morgan fingerprint density at radius 1 is 1.00 bits per heavy atom. The van der Waals surface area contributed by atoms with Crippen LogP contribution in [-0.4, -0.2) is 34.1 Å². The third-order valence-electron chi connectivity index (χ3n) is 3.97. The van der Waals surface area contributed by atoms with Crippen molar-refractivity contribution in [1.82, 2.24) is 34.1 Å². The normalized spacial score (nSPS) is 11.4. The van der Waals surface area contributed by atoms with E-state index in [4.69, 9.17) is 0 Å². The molecule has 5 rings (SSSR count). The molecule has 0 aliphatic carbocycles. The van der Waals surface area contributed by atoms with Crippen LogP contribution < -0.4 is 0 Å². The van der Waals surface area contributed by atoms with Gasteiger partial charge in [-0.25, -0.2) is 24.6 Å². The third kappa shape index (κ3) is 2.60. The van der Waals surface area contributed by atoms with E-state index in [1.807, 2.05) is 64.1 Å². The smallest absolute Gasteiger partial charge is 0.233 e. The maximum atomic E-state index is 4.53. The highest BCUT2D eigenvalue weighted by atomic mass is 32.2. The minimum absolute atomic E-state index is 0.700. The van der Waals surface area contributed by atoms with Crippen molar-refractivity contribution in [3.63, 3.8) is 0 Å². The summed E-state index contributed by atoms with van der Waals surface area (Å²) < 4.78 is 3.74. The second-order valence-corrected chi connectivity index (χ2v) is 6.62. The molecule has 0 spiro atoms. The van der Waals surface area contributed by atoms with E-state index in [0.717, 1.165) is 27.4 Å². The average molecular weight is 359 g/mol. The molecule has 8 heteroatoms. The predicted octanol–water partition coefficient (Wildman–Crippen LogP) is 3.15. The Hall–Kier alpha value is -3.26. The van der Waals surface area contributed by atoms with E-state index in [1.54, 1.807) is 24.3 Å². The van der Waals surface area contributed by atoms with Crippen LogP contribution in [0.5, 0.6) is 0 Å². The molecular formula is C18H13N7S. The molecule has 0 N–H and O–H groups in total. The first-order chi connectivity index (χ1) is 12.9. The lowest BCUT2D eigenvalue weighted by Crippen LogP contribution is -1.97. The van der Waals surface area contributed by atoms with E-state index >= 15 is 0 Å². The Morgan fingerprint density at radius 3 is 2.81 bits per heavy atom. The number of aromatic nitrogens is 7. The molecule has 1 aromatic carbocycles. The molecular weight excluding hydrogens is 346 g/mol. The van der Waals surface area contributed by atoms with Crippen molar-refractivity contribution >= 4 is 28.6 Å². The molecule has 26 heavy (non-hydrogen) atoms. The highest BCUT2D eigenvalue weighted by Crippen LogP contribution is 2.28. The molecule has 0 unspecified atom stereocenters. The van der Waals surface area contributed by atoms with E-state index in [2.05, 4.69) is 25.0 Å². The van der Waals surface area contributed by atoms with E-state index in [-0.39, 0.29) is 0 Å². The van der Waals surface area contributed by atoms with Crippen molar-refractivity contribution in [3.8, 4) is 5.69 Å². The molecule has 0 aliphatic rings. The highest BCUT2D eigenvalue weighted by Gasteiger charge is 2.12. The number of nitrogens with zero attached hydrogens (tertiary/aromatic N) is 7. The van der Waals surface area contributed by atoms with Gasteiger partial charge in [0.25, 0.3) is 0 Å². The van der Waals surface area contributed by atoms with Crippen LogP contribution in [0.4, 0.5) is 0 Å². The second-order valence-electron chi connectivity index (χ2n) is 5.66. The van der Waals surface area contributed by atoms with Gasteiger partial charge in [0.2, 0.25) is 5.78 Å². The van der Waals surface area contributed by atoms with Gasteiger partial charge in [-0.05, 0) is 18.2 Å². The number of thioether (sulfide) groups is 1. The minimum atomic E-state index is 0.700. The lowest BCUT2D eigenvalue weighted by molar-refractivity contribution is 0.893. The lowest BCUT2D eigenvalue weighted by Gasteiger charge is -2.03. The van der Waals surface area contributed by atoms with Crippen molar-refractivity contribution in [3.05, 3.63) is 73.2 Å². The summed E-state index contributed by atoms with van der Waals surface area (Å²) in [4.78, 5) is 17.6. The van der Waals surface area contributed by atoms with Crippen LogP contribution in [0.2, 0.25) is 0 Å². The van der Waals surface area contributed by atoms with Crippen molar-refractivity contribution in [2.45, 2.75) is 10.8 Å². The van der Waals surface area contributed by atoms with Gasteiger partial charge < -0.3 is 0 Å². The van der Waals surface area contributed by atoms with Gasteiger partial charge in [0, 0.05) is 24.3 Å². The van der Waals surface area contributed by atoms with Crippen LogP contribution in [0.15, 0.2) is 72.5 Å². The number of rotatable bonds is 4. The second kappa shape index (κ2) is 6.23. The molecule has 0 saturated heterocycles. The fourth-order valence-electron chi connectivity index (χ4n) is 2.79. The van der Waals surface area contributed by atoms with E-state index < -0.39 is 0 Å². The van der Waals surface area contributed by atoms with Crippen molar-refractivity contribution in [2.24, 2.45) is 0 Å². The summed E-state index contributed by atoms with van der Waals surface area (Å²) in [6.45, 7) is 0. The summed E-state index contributed by atoms with van der Waals surface area (Å²) in [6, 6.07) is 11.8. The Balaban J connectivity index is 1.46. The van der Waals surface area contributed by atoms with Crippen LogP contribution in [0, 0.1) is 0 Å². The molecule has 0 atom stereocenters. The Morgan fingerprint density at radius 2 is 1.92 bits per heavy atom. The number of hydrogen-bond donors (Lipinski definition) is 0. The van der Waals surface area contributed by atoms with Crippen LogP contribution in [0.3, 0.4) is 0 Å². The maximum Gasteiger partial charge on any atom is 0.233 e. The van der Waals surface area contributed by atoms with E-state index in [0.29, 0.717) is 11.5 Å². The van der Waals surface area contributed by atoms with Gasteiger partial charge in [-0.2, -0.15) is 5.10 Å². The van der Waals surface area contributed by atoms with Gasteiger partial charge in [-0.15, -0.1) is 0 Å². The van der Waals surface area contributed by atoms with Crippen LogP contribution in [0.25, 0.3) is 22.5 Å². The largest absolute Gasteiger partial charge is 0.291 e. The highest BCUT2D eigenvalue weighted by molar-refractivity contribution is 7.98. The van der Waals surface area contributed by atoms with Crippen molar-refractivity contribution in [1.29, 1.82) is 0 Å². The number of benzene rings is 1. The predicted molar refractivity (Wildman–Crippen MR) is 99.2 cm³/mol. The Bertz CT molecular complexity index is 1160. The van der Waals surface area contributed by atoms with Gasteiger partial charge in [-0.1, -0.05) is 30.0 Å². The molecule has 0 fully saturated rings. The third-order valence-corrected chi connectivity index (χ3v) is 5.01. The summed E-state index contributed by atoms with van der Waals surface area (Å²) in [5.74, 6) is 1.40. The standard InChI is InChI=1S/C18H13N7S/c1-2-5-14(6-3-1)25-16-15(9-22-25)17(21-12-20-16)26-11-13-10-24-8-4-7-19-18(24)23-13/h1-10,12H,11H2. The quantitative estimate of drug-likeness (QED) is 0.362. The van der Waals surface area contributed by atoms with Gasteiger partial charge in [0.15, 0.2) is 5.65 Å². The molecule has 7 nitrogen and oxygen atoms in total. The number of para-hydroxylation sites is 1. The molecule has 5 aromatic rings. The first kappa shape index (κ1) is 15.0. The Labute approximate surface area is 152 Å². The van der Waals surface area contributed by atoms with Gasteiger partial charge in [0.05, 0.1) is 23.0 Å². The van der Waals surface area contributed by atoms with Crippen molar-refractivity contribution in [2.75, 3.05) is 0 Å². The van der Waals surface area contributed by atoms with Gasteiger partial charge >= 0.3 is 0 Å². The molecule has 126 valence electrons. The molecule has 4 aromatic heterocycles. The zero-order valence-electron chi connectivity index (χ0n) is 13.6. The molecule has 0 bridgehead atoms. The minimum Gasteiger partial charge on any atom is -0.291 e. The van der Waals surface area contributed by atoms with Crippen LogP contribution in [0.1, 0.15) is 5.69 Å². The summed E-state index contributed by atoms with van der Waals surface area (Å²) in [5, 5.41) is 6.31. The monoisotopic (exact) mass is 359 g/mol. The zero-order valence-corrected chi connectivity index (χ0v) is 14.4. The van der Waals surface area contributed by atoms with Crippen LogP contribution in [-0.2, 0) is 5.75 Å². The average Bonchev–Trinajstić information content (AvgIpc) is 3.31. The molecule has 4 heterocycles. The number of imidazole rings is 1. The maximum absolute atomic E-state index is 4.53. The Kier molecular flexibility index (Phi) is 3.60. The van der Waals surface area contributed by atoms with Crippen molar-refractivity contribution < 1.29 is 0 Å². The molecule has 0 aliphatic heterocycles. The SMILES string of the molecule is c1ccc(-n2ncc3c(SCc4cn5cccnc5n4)ncnc32)cc1. The zero-order chi connectivity index (χ0) is 17.3. The van der Waals surface area contributed by atoms with E-state index in [1.165, 1.54) is 0 Å². The van der Waals surface area contributed by atoms with E-state index in [9.17, 15) is 0 Å². The number of fused-ring (bicyclic) bond motifs is 2. The summed E-state index contributed by atoms with van der Waals surface area (Å²) >= 11 is 1.62. The summed E-state index contributed by atoms with van der Waals surface area (Å²) in [6.07, 6.45) is 9.06. The van der Waals surface area contributed by atoms with Gasteiger partial charge in [-0.3, -0.25) is 4.40 Å². The first-order valence-corrected chi connectivity index (χ1v) is 9.02. The molecule has 0 saturated carbocycles. The summed E-state index contributed by atoms with van der Waals surface area (Å²) in [5.41, 5.74) is 2.73. The fourth-order valence-corrected chi connectivity index (χ4v) is 3.63. The lowest BCUT2D eigenvalue weighted by atomic mass is 10.3.